The van der Waals surface area contributed by atoms with E-state index >= 15 is 0 Å². The molecule has 0 aliphatic carbocycles. The van der Waals surface area contributed by atoms with E-state index in [9.17, 15) is 9.90 Å². The van der Waals surface area contributed by atoms with Crippen LogP contribution in [0.25, 0.3) is 11.0 Å². The van der Waals surface area contributed by atoms with Gasteiger partial charge in [0.1, 0.15) is 22.5 Å². The van der Waals surface area contributed by atoms with Gasteiger partial charge in [0.25, 0.3) is 5.56 Å². The topological polar surface area (TPSA) is 109 Å². The summed E-state index contributed by atoms with van der Waals surface area (Å²) < 4.78 is 7.19. The lowest BCUT2D eigenvalue weighted by atomic mass is 10.0. The van der Waals surface area contributed by atoms with Crippen LogP contribution >= 0.6 is 0 Å². The highest BCUT2D eigenvalue weighted by atomic mass is 16.4. The second-order valence-electron chi connectivity index (χ2n) is 7.42. The maximum atomic E-state index is 12.3. The molecule has 0 saturated heterocycles. The zero-order valence-electron chi connectivity index (χ0n) is 15.0. The van der Waals surface area contributed by atoms with E-state index in [2.05, 4.69) is 20.4 Å². The van der Waals surface area contributed by atoms with Gasteiger partial charge in [-0.2, -0.15) is 10.1 Å². The van der Waals surface area contributed by atoms with Crippen LogP contribution in [0.15, 0.2) is 27.5 Å². The Balaban J connectivity index is 1.90. The van der Waals surface area contributed by atoms with Gasteiger partial charge in [0.05, 0.1) is 18.3 Å². The van der Waals surface area contributed by atoms with Crippen LogP contribution < -0.4 is 10.9 Å². The smallest absolute Gasteiger partial charge is 0.263 e. The third-order valence-corrected chi connectivity index (χ3v) is 3.94. The summed E-state index contributed by atoms with van der Waals surface area (Å²) in [6.07, 6.45) is 1.51. The molecule has 1 unspecified atom stereocenters. The number of anilines is 1. The Labute approximate surface area is 144 Å². The number of fused-ring (bicyclic) bond motifs is 1. The van der Waals surface area contributed by atoms with Crippen molar-refractivity contribution in [2.45, 2.75) is 45.8 Å². The molecule has 0 aliphatic rings. The van der Waals surface area contributed by atoms with Crippen molar-refractivity contribution < 1.29 is 9.52 Å². The van der Waals surface area contributed by atoms with Gasteiger partial charge in [-0.15, -0.1) is 0 Å². The minimum Gasteiger partial charge on any atom is -0.463 e. The average molecular weight is 345 g/mol. The molecule has 3 rings (SSSR count). The zero-order valence-corrected chi connectivity index (χ0v) is 15.0. The van der Waals surface area contributed by atoms with Crippen LogP contribution in [0, 0.1) is 6.92 Å². The van der Waals surface area contributed by atoms with Gasteiger partial charge in [0.2, 0.25) is 5.95 Å². The molecule has 3 heterocycles. The Morgan fingerprint density at radius 3 is 2.64 bits per heavy atom. The third kappa shape index (κ3) is 3.30. The number of nitrogens with one attached hydrogen (secondary N) is 2. The van der Waals surface area contributed by atoms with Gasteiger partial charge in [-0.25, -0.2) is 4.68 Å². The van der Waals surface area contributed by atoms with E-state index in [1.54, 1.807) is 23.7 Å². The highest BCUT2D eigenvalue weighted by Gasteiger charge is 2.27. The van der Waals surface area contributed by atoms with E-state index < -0.39 is 5.60 Å². The molecule has 3 aromatic rings. The summed E-state index contributed by atoms with van der Waals surface area (Å²) in [4.78, 5) is 19.4. The maximum absolute atomic E-state index is 12.3. The first-order valence-corrected chi connectivity index (χ1v) is 8.10. The molecule has 0 fully saturated rings. The number of aliphatic hydroxyl groups is 1. The number of aromatic nitrogens is 4. The normalized spacial score (nSPS) is 14.6. The van der Waals surface area contributed by atoms with Crippen LogP contribution in [0.1, 0.15) is 39.2 Å². The van der Waals surface area contributed by atoms with Crippen molar-refractivity contribution in [1.82, 2.24) is 19.7 Å². The largest absolute Gasteiger partial charge is 0.463 e. The van der Waals surface area contributed by atoms with Gasteiger partial charge >= 0.3 is 0 Å². The predicted molar refractivity (Wildman–Crippen MR) is 94.7 cm³/mol. The van der Waals surface area contributed by atoms with E-state index in [4.69, 9.17) is 4.42 Å². The molecule has 0 aliphatic heterocycles. The van der Waals surface area contributed by atoms with Crippen LogP contribution in [0.5, 0.6) is 0 Å². The first-order chi connectivity index (χ1) is 11.6. The minimum atomic E-state index is -1.24. The molecule has 0 aromatic carbocycles. The molecule has 25 heavy (non-hydrogen) atoms. The van der Waals surface area contributed by atoms with Crippen LogP contribution in [0.3, 0.4) is 0 Å². The number of nitrogens with zero attached hydrogens (tertiary/aromatic N) is 3. The summed E-state index contributed by atoms with van der Waals surface area (Å²) in [7, 11) is 0. The molecule has 0 saturated carbocycles. The highest BCUT2D eigenvalue weighted by Crippen LogP contribution is 2.23. The molecule has 1 atom stereocenters. The molecule has 0 bridgehead atoms. The summed E-state index contributed by atoms with van der Waals surface area (Å²) in [5, 5.41) is 18.3. The van der Waals surface area contributed by atoms with Gasteiger partial charge in [-0.05, 0) is 46.8 Å². The minimum absolute atomic E-state index is 0.123. The molecule has 134 valence electrons. The van der Waals surface area contributed by atoms with Crippen molar-refractivity contribution >= 4 is 17.0 Å². The number of H-pyrrole nitrogens is 1. The first kappa shape index (κ1) is 17.2. The second kappa shape index (κ2) is 5.73. The molecule has 0 amide bonds. The van der Waals surface area contributed by atoms with Crippen molar-refractivity contribution in [2.75, 3.05) is 11.9 Å². The monoisotopic (exact) mass is 345 g/mol. The lowest BCUT2D eigenvalue weighted by molar-refractivity contribution is 0.0466. The predicted octanol–water partition coefficient (Wildman–Crippen LogP) is 2.10. The molecule has 0 radical (unpaired) electrons. The zero-order chi connectivity index (χ0) is 18.4. The maximum Gasteiger partial charge on any atom is 0.263 e. The quantitative estimate of drug-likeness (QED) is 0.668. The van der Waals surface area contributed by atoms with Gasteiger partial charge in [0, 0.05) is 0 Å². The Bertz CT molecular complexity index is 959. The SMILES string of the molecule is Cc1ccc(C(C)(O)CNc2nc3c(cnn3C(C)(C)C)c(=O)[nH]2)o1. The lowest BCUT2D eigenvalue weighted by Crippen LogP contribution is -2.31. The Morgan fingerprint density at radius 2 is 2.04 bits per heavy atom. The molecular formula is C17H23N5O3. The highest BCUT2D eigenvalue weighted by molar-refractivity contribution is 5.74. The summed E-state index contributed by atoms with van der Waals surface area (Å²) in [6, 6.07) is 3.52. The number of furan rings is 1. The van der Waals surface area contributed by atoms with Crippen LogP contribution in [-0.4, -0.2) is 31.4 Å². The number of aromatic amines is 1. The second-order valence-corrected chi connectivity index (χ2v) is 7.42. The fourth-order valence-electron chi connectivity index (χ4n) is 2.56. The fourth-order valence-corrected chi connectivity index (χ4v) is 2.56. The van der Waals surface area contributed by atoms with E-state index in [1.807, 2.05) is 27.7 Å². The van der Waals surface area contributed by atoms with E-state index in [0.29, 0.717) is 16.8 Å². The standard InChI is InChI=1S/C17H23N5O3/c1-10-6-7-12(25-10)17(5,24)9-18-15-20-13-11(14(23)21-15)8-19-22(13)16(2,3)4/h6-8,24H,9H2,1-5H3,(H2,18,20,21,23). The molecule has 8 nitrogen and oxygen atoms in total. The Morgan fingerprint density at radius 1 is 1.32 bits per heavy atom. The van der Waals surface area contributed by atoms with E-state index in [0.717, 1.165) is 5.76 Å². The van der Waals surface area contributed by atoms with Crippen molar-refractivity contribution in [2.24, 2.45) is 0 Å². The molecule has 3 aromatic heterocycles. The number of rotatable bonds is 4. The number of hydrogen-bond donors (Lipinski definition) is 3. The van der Waals surface area contributed by atoms with Crippen molar-refractivity contribution in [3.8, 4) is 0 Å². The summed E-state index contributed by atoms with van der Waals surface area (Å²) in [6.45, 7) is 9.53. The third-order valence-electron chi connectivity index (χ3n) is 3.94. The van der Waals surface area contributed by atoms with Crippen molar-refractivity contribution in [1.29, 1.82) is 0 Å². The Kier molecular flexibility index (Phi) is 3.95. The fraction of sp³-hybridized carbons (Fsp3) is 0.471. The molecule has 8 heteroatoms. The van der Waals surface area contributed by atoms with Crippen LogP contribution in [0.2, 0.25) is 0 Å². The lowest BCUT2D eigenvalue weighted by Gasteiger charge is -2.22. The molecule has 3 N–H and O–H groups in total. The summed E-state index contributed by atoms with van der Waals surface area (Å²) in [5.74, 6) is 1.44. The van der Waals surface area contributed by atoms with Crippen molar-refractivity contribution in [3.63, 3.8) is 0 Å². The van der Waals surface area contributed by atoms with Gasteiger partial charge in [-0.3, -0.25) is 9.78 Å². The van der Waals surface area contributed by atoms with Crippen molar-refractivity contribution in [3.05, 3.63) is 40.2 Å². The van der Waals surface area contributed by atoms with E-state index in [-0.39, 0.29) is 23.6 Å². The molecule has 0 spiro atoms. The van der Waals surface area contributed by atoms with Gasteiger partial charge in [0.15, 0.2) is 5.65 Å². The van der Waals surface area contributed by atoms with Gasteiger partial charge < -0.3 is 14.8 Å². The molecular weight excluding hydrogens is 322 g/mol. The van der Waals surface area contributed by atoms with Crippen LogP contribution in [-0.2, 0) is 11.1 Å². The summed E-state index contributed by atoms with van der Waals surface area (Å²) in [5.41, 5.74) is -1.34. The van der Waals surface area contributed by atoms with Crippen LogP contribution in [0.4, 0.5) is 5.95 Å². The number of aryl methyl sites for hydroxylation is 1. The average Bonchev–Trinajstić information content (AvgIpc) is 3.11. The summed E-state index contributed by atoms with van der Waals surface area (Å²) >= 11 is 0. The Hall–Kier alpha value is -2.61. The van der Waals surface area contributed by atoms with Gasteiger partial charge in [-0.1, -0.05) is 0 Å². The first-order valence-electron chi connectivity index (χ1n) is 8.10. The number of hydrogen-bond acceptors (Lipinski definition) is 6. The van der Waals surface area contributed by atoms with E-state index in [1.165, 1.54) is 6.20 Å².